The van der Waals surface area contributed by atoms with E-state index in [4.69, 9.17) is 0 Å². The van der Waals surface area contributed by atoms with Crippen LogP contribution in [0.1, 0.15) is 125 Å². The van der Waals surface area contributed by atoms with Gasteiger partial charge in [0.15, 0.2) is 0 Å². The first-order valence-corrected chi connectivity index (χ1v) is 14.1. The van der Waals surface area contributed by atoms with Crippen LogP contribution in [0.25, 0.3) is 0 Å². The maximum absolute atomic E-state index is 11.0. The third-order valence-corrected chi connectivity index (χ3v) is 11.8. The SMILES string of the molecule is CCCC(O)(CC)CC[C@@H](C)[C@H]1CC[C@H]2[C@@H]3CCC4C[C@@H](O)CC[C@]4(C)[C@H]3CC[C@]12C. The van der Waals surface area contributed by atoms with Crippen LogP contribution in [0.15, 0.2) is 0 Å². The highest BCUT2D eigenvalue weighted by atomic mass is 16.3. The number of aliphatic hydroxyl groups excluding tert-OH is 1. The van der Waals surface area contributed by atoms with Crippen LogP contribution in [0.4, 0.5) is 0 Å². The topological polar surface area (TPSA) is 40.5 Å². The molecule has 4 aliphatic rings. The summed E-state index contributed by atoms with van der Waals surface area (Å²) < 4.78 is 0. The normalized spacial score (nSPS) is 47.7. The van der Waals surface area contributed by atoms with E-state index in [1.807, 2.05) is 0 Å². The number of hydrogen-bond donors (Lipinski definition) is 2. The molecular formula is C29H52O2. The number of fused-ring (bicyclic) bond motifs is 5. The first-order valence-electron chi connectivity index (χ1n) is 14.1. The second-order valence-corrected chi connectivity index (χ2v) is 13.2. The summed E-state index contributed by atoms with van der Waals surface area (Å²) in [5.41, 5.74) is 0.579. The molecule has 2 nitrogen and oxygen atoms in total. The Balaban J connectivity index is 1.44. The lowest BCUT2D eigenvalue weighted by atomic mass is 9.44. The fourth-order valence-electron chi connectivity index (χ4n) is 9.85. The lowest BCUT2D eigenvalue weighted by Crippen LogP contribution is -2.54. The van der Waals surface area contributed by atoms with Crippen LogP contribution in [0.5, 0.6) is 0 Å². The molecule has 0 aromatic heterocycles. The van der Waals surface area contributed by atoms with Gasteiger partial charge >= 0.3 is 0 Å². The maximum atomic E-state index is 11.0. The Kier molecular flexibility index (Phi) is 6.93. The predicted molar refractivity (Wildman–Crippen MR) is 130 cm³/mol. The molecule has 2 N–H and O–H groups in total. The highest BCUT2D eigenvalue weighted by molar-refractivity contribution is 5.09. The summed E-state index contributed by atoms with van der Waals surface area (Å²) >= 11 is 0. The quantitative estimate of drug-likeness (QED) is 0.441. The maximum Gasteiger partial charge on any atom is 0.0645 e. The Hall–Kier alpha value is -0.0800. The summed E-state index contributed by atoms with van der Waals surface area (Å²) in [5, 5.41) is 21.3. The minimum absolute atomic E-state index is 0.0327. The molecule has 0 amide bonds. The molecule has 0 saturated heterocycles. The van der Waals surface area contributed by atoms with E-state index in [1.165, 1.54) is 51.4 Å². The lowest BCUT2D eigenvalue weighted by Gasteiger charge is -2.61. The van der Waals surface area contributed by atoms with Gasteiger partial charge in [0.05, 0.1) is 11.7 Å². The average Bonchev–Trinajstić information content (AvgIpc) is 3.10. The first-order chi connectivity index (χ1) is 14.7. The fraction of sp³-hybridized carbons (Fsp3) is 1.00. The molecule has 0 aliphatic heterocycles. The van der Waals surface area contributed by atoms with Crippen molar-refractivity contribution in [3.05, 3.63) is 0 Å². The van der Waals surface area contributed by atoms with Gasteiger partial charge in [0.25, 0.3) is 0 Å². The minimum Gasteiger partial charge on any atom is -0.393 e. The van der Waals surface area contributed by atoms with E-state index in [9.17, 15) is 10.2 Å². The van der Waals surface area contributed by atoms with E-state index >= 15 is 0 Å². The van der Waals surface area contributed by atoms with Gasteiger partial charge in [-0.3, -0.25) is 0 Å². The summed E-state index contributed by atoms with van der Waals surface area (Å²) in [4.78, 5) is 0. The molecule has 0 spiro atoms. The van der Waals surface area contributed by atoms with Crippen LogP contribution in [0, 0.1) is 46.3 Å². The van der Waals surface area contributed by atoms with E-state index in [2.05, 4.69) is 34.6 Å². The fourth-order valence-corrected chi connectivity index (χ4v) is 9.85. The molecule has 4 fully saturated rings. The standard InChI is InChI=1S/C29H52O2/c1-6-15-29(31,7-2)18-12-20(3)24-10-11-25-23-9-8-21-19-22(30)13-16-27(21,4)26(23)14-17-28(24,25)5/h20-26,30-31H,6-19H2,1-5H3/t20-,21?,22+,23+,24-,25+,26+,27+,28-,29?/m1/s1. The van der Waals surface area contributed by atoms with Crippen LogP contribution in [0.3, 0.4) is 0 Å². The van der Waals surface area contributed by atoms with Crippen molar-refractivity contribution in [3.63, 3.8) is 0 Å². The van der Waals surface area contributed by atoms with Gasteiger partial charge < -0.3 is 10.2 Å². The van der Waals surface area contributed by atoms with Gasteiger partial charge in [-0.05, 0) is 130 Å². The van der Waals surface area contributed by atoms with Crippen LogP contribution in [-0.2, 0) is 0 Å². The van der Waals surface area contributed by atoms with Crippen molar-refractivity contribution < 1.29 is 10.2 Å². The summed E-state index contributed by atoms with van der Waals surface area (Å²) in [6.07, 6.45) is 17.0. The molecule has 2 heteroatoms. The zero-order valence-electron chi connectivity index (χ0n) is 21.3. The summed E-state index contributed by atoms with van der Waals surface area (Å²) in [5.74, 6) is 5.10. The van der Waals surface area contributed by atoms with Gasteiger partial charge in [-0.25, -0.2) is 0 Å². The Morgan fingerprint density at radius 2 is 1.61 bits per heavy atom. The smallest absolute Gasteiger partial charge is 0.0645 e. The van der Waals surface area contributed by atoms with Crippen molar-refractivity contribution in [1.29, 1.82) is 0 Å². The Morgan fingerprint density at radius 3 is 2.32 bits per heavy atom. The molecule has 4 aliphatic carbocycles. The molecule has 0 aromatic rings. The van der Waals surface area contributed by atoms with Crippen LogP contribution in [0.2, 0.25) is 0 Å². The van der Waals surface area contributed by atoms with Gasteiger partial charge in [0.1, 0.15) is 0 Å². The monoisotopic (exact) mass is 432 g/mol. The highest BCUT2D eigenvalue weighted by Gasteiger charge is 2.60. The molecule has 10 atom stereocenters. The largest absolute Gasteiger partial charge is 0.393 e. The van der Waals surface area contributed by atoms with E-state index < -0.39 is 5.60 Å². The molecule has 0 heterocycles. The molecule has 4 rings (SSSR count). The second kappa shape index (κ2) is 8.94. The minimum atomic E-state index is -0.432. The molecular weight excluding hydrogens is 380 g/mol. The third-order valence-electron chi connectivity index (χ3n) is 11.8. The number of aliphatic hydroxyl groups is 2. The molecule has 2 unspecified atom stereocenters. The molecule has 4 saturated carbocycles. The predicted octanol–water partition coefficient (Wildman–Crippen LogP) is 7.36. The molecule has 180 valence electrons. The Morgan fingerprint density at radius 1 is 0.903 bits per heavy atom. The highest BCUT2D eigenvalue weighted by Crippen LogP contribution is 2.68. The van der Waals surface area contributed by atoms with E-state index in [-0.39, 0.29) is 6.10 Å². The molecule has 0 aromatic carbocycles. The number of hydrogen-bond acceptors (Lipinski definition) is 2. The van der Waals surface area contributed by atoms with E-state index in [1.54, 1.807) is 0 Å². The van der Waals surface area contributed by atoms with Gasteiger partial charge in [-0.2, -0.15) is 0 Å². The summed E-state index contributed by atoms with van der Waals surface area (Å²) in [6, 6.07) is 0. The Labute approximate surface area is 193 Å². The Bertz CT molecular complexity index is 618. The van der Waals surface area contributed by atoms with Crippen LogP contribution < -0.4 is 0 Å². The van der Waals surface area contributed by atoms with Gasteiger partial charge in [0.2, 0.25) is 0 Å². The third kappa shape index (κ3) is 4.16. The van der Waals surface area contributed by atoms with Gasteiger partial charge in [-0.15, -0.1) is 0 Å². The van der Waals surface area contributed by atoms with Crippen molar-refractivity contribution in [3.8, 4) is 0 Å². The van der Waals surface area contributed by atoms with Crippen molar-refractivity contribution in [2.24, 2.45) is 46.3 Å². The van der Waals surface area contributed by atoms with Gasteiger partial charge in [-0.1, -0.05) is 41.0 Å². The first kappa shape index (κ1) is 24.1. The van der Waals surface area contributed by atoms with E-state index in [0.29, 0.717) is 10.8 Å². The summed E-state index contributed by atoms with van der Waals surface area (Å²) in [7, 11) is 0. The second-order valence-electron chi connectivity index (χ2n) is 13.2. The molecule has 31 heavy (non-hydrogen) atoms. The average molecular weight is 433 g/mol. The molecule has 0 radical (unpaired) electrons. The van der Waals surface area contributed by atoms with Crippen molar-refractivity contribution >= 4 is 0 Å². The molecule has 0 bridgehead atoms. The number of rotatable bonds is 7. The van der Waals surface area contributed by atoms with Crippen molar-refractivity contribution in [2.45, 2.75) is 136 Å². The zero-order chi connectivity index (χ0) is 22.4. The van der Waals surface area contributed by atoms with Crippen LogP contribution in [-0.4, -0.2) is 21.9 Å². The van der Waals surface area contributed by atoms with Gasteiger partial charge in [0, 0.05) is 0 Å². The van der Waals surface area contributed by atoms with E-state index in [0.717, 1.165) is 74.0 Å². The van der Waals surface area contributed by atoms with Crippen molar-refractivity contribution in [2.75, 3.05) is 0 Å². The summed E-state index contributed by atoms with van der Waals surface area (Å²) in [6.45, 7) is 12.1. The van der Waals surface area contributed by atoms with Crippen molar-refractivity contribution in [1.82, 2.24) is 0 Å². The zero-order valence-corrected chi connectivity index (χ0v) is 21.3. The lowest BCUT2D eigenvalue weighted by molar-refractivity contribution is -0.129. The van der Waals surface area contributed by atoms with Crippen LogP contribution >= 0.6 is 0 Å².